The molecule has 122 valence electrons. The molecule has 7 heteroatoms. The van der Waals surface area contributed by atoms with E-state index in [4.69, 9.17) is 0 Å². The maximum Gasteiger partial charge on any atom is 0.269 e. The number of hydrogen-bond acceptors (Lipinski definition) is 5. The molecular weight excluding hydrogens is 314 g/mol. The van der Waals surface area contributed by atoms with Crippen molar-refractivity contribution in [2.45, 2.75) is 32.6 Å². The molecule has 6 nitrogen and oxygen atoms in total. The van der Waals surface area contributed by atoms with Crippen LogP contribution in [0, 0.1) is 10.1 Å². The minimum absolute atomic E-state index is 0.0685. The number of nitro groups is 1. The number of amides is 1. The number of non-ortho nitro benzene ring substituents is 1. The lowest BCUT2D eigenvalue weighted by Gasteiger charge is -2.02. The van der Waals surface area contributed by atoms with Gasteiger partial charge in [0.25, 0.3) is 5.69 Å². The molecule has 1 amide bonds. The van der Waals surface area contributed by atoms with Crippen molar-refractivity contribution in [3.8, 4) is 11.3 Å². The number of nitrogens with zero attached hydrogens (tertiary/aromatic N) is 2. The van der Waals surface area contributed by atoms with Crippen LogP contribution in [-0.2, 0) is 11.2 Å². The molecule has 1 aromatic heterocycles. The molecule has 0 saturated carbocycles. The van der Waals surface area contributed by atoms with Crippen LogP contribution in [0.4, 0.5) is 5.69 Å². The van der Waals surface area contributed by atoms with Crippen molar-refractivity contribution in [3.63, 3.8) is 0 Å². The predicted octanol–water partition coefficient (Wildman–Crippen LogP) is 3.57. The van der Waals surface area contributed by atoms with Gasteiger partial charge < -0.3 is 5.32 Å². The van der Waals surface area contributed by atoms with Crippen molar-refractivity contribution in [2.24, 2.45) is 0 Å². The Bertz CT molecular complexity index is 667. The molecule has 23 heavy (non-hydrogen) atoms. The Kier molecular flexibility index (Phi) is 6.22. The van der Waals surface area contributed by atoms with Crippen molar-refractivity contribution < 1.29 is 9.72 Å². The Balaban J connectivity index is 1.88. The summed E-state index contributed by atoms with van der Waals surface area (Å²) in [6, 6.07) is 6.34. The monoisotopic (exact) mass is 333 g/mol. The lowest BCUT2D eigenvalue weighted by atomic mass is 10.1. The summed E-state index contributed by atoms with van der Waals surface area (Å²) in [6.45, 7) is 2.64. The van der Waals surface area contributed by atoms with Crippen LogP contribution in [0.15, 0.2) is 29.6 Å². The van der Waals surface area contributed by atoms with Crippen LogP contribution in [0.5, 0.6) is 0 Å². The van der Waals surface area contributed by atoms with Crippen LogP contribution in [-0.4, -0.2) is 22.4 Å². The Morgan fingerprint density at radius 2 is 2.09 bits per heavy atom. The van der Waals surface area contributed by atoms with E-state index in [1.54, 1.807) is 12.1 Å². The maximum atomic E-state index is 11.5. The Hall–Kier alpha value is -2.28. The molecule has 2 aromatic rings. The Labute approximate surface area is 138 Å². The largest absolute Gasteiger partial charge is 0.356 e. The molecule has 0 radical (unpaired) electrons. The minimum Gasteiger partial charge on any atom is -0.356 e. The molecule has 0 bridgehead atoms. The van der Waals surface area contributed by atoms with Gasteiger partial charge in [0.15, 0.2) is 0 Å². The topological polar surface area (TPSA) is 85.1 Å². The van der Waals surface area contributed by atoms with Gasteiger partial charge >= 0.3 is 0 Å². The van der Waals surface area contributed by atoms with Gasteiger partial charge in [0, 0.05) is 42.5 Å². The highest BCUT2D eigenvalue weighted by Crippen LogP contribution is 2.24. The third kappa shape index (κ3) is 5.14. The summed E-state index contributed by atoms with van der Waals surface area (Å²) in [4.78, 5) is 26.3. The van der Waals surface area contributed by atoms with Gasteiger partial charge in [-0.25, -0.2) is 4.98 Å². The van der Waals surface area contributed by atoms with Crippen molar-refractivity contribution in [1.82, 2.24) is 10.3 Å². The van der Waals surface area contributed by atoms with E-state index in [9.17, 15) is 14.9 Å². The van der Waals surface area contributed by atoms with E-state index >= 15 is 0 Å². The normalized spacial score (nSPS) is 10.5. The smallest absolute Gasteiger partial charge is 0.269 e. The average molecular weight is 333 g/mol. The molecule has 0 fully saturated rings. The van der Waals surface area contributed by atoms with E-state index in [0.29, 0.717) is 19.4 Å². The van der Waals surface area contributed by atoms with Gasteiger partial charge in [-0.1, -0.05) is 13.3 Å². The van der Waals surface area contributed by atoms with Gasteiger partial charge in [-0.3, -0.25) is 14.9 Å². The molecule has 0 atom stereocenters. The molecule has 0 aliphatic rings. The van der Waals surface area contributed by atoms with E-state index in [2.05, 4.69) is 17.2 Å². The van der Waals surface area contributed by atoms with Crippen LogP contribution in [0.1, 0.15) is 31.2 Å². The summed E-state index contributed by atoms with van der Waals surface area (Å²) >= 11 is 1.53. The highest BCUT2D eigenvalue weighted by molar-refractivity contribution is 7.09. The number of nitrogens with one attached hydrogen (secondary N) is 1. The number of nitro benzene ring substituents is 1. The van der Waals surface area contributed by atoms with Gasteiger partial charge in [-0.15, -0.1) is 11.3 Å². The first-order valence-electron chi connectivity index (χ1n) is 7.56. The molecular formula is C16H19N3O3S. The standard InChI is InChI=1S/C16H19N3O3S/c1-2-3-4-15(20)17-10-9-16-18-14(11-23-16)12-5-7-13(8-6-12)19(21)22/h5-8,11H,2-4,9-10H2,1H3,(H,17,20). The molecule has 0 spiro atoms. The lowest BCUT2D eigenvalue weighted by Crippen LogP contribution is -2.25. The molecule has 1 N–H and O–H groups in total. The summed E-state index contributed by atoms with van der Waals surface area (Å²) in [5.74, 6) is 0.0824. The number of unbranched alkanes of at least 4 members (excludes halogenated alkanes) is 1. The third-order valence-corrected chi connectivity index (χ3v) is 4.25. The summed E-state index contributed by atoms with van der Waals surface area (Å²) in [5, 5.41) is 16.4. The van der Waals surface area contributed by atoms with Gasteiger partial charge in [-0.05, 0) is 18.6 Å². The van der Waals surface area contributed by atoms with Gasteiger partial charge in [0.05, 0.1) is 15.6 Å². The zero-order valence-corrected chi connectivity index (χ0v) is 13.8. The second kappa shape index (κ2) is 8.38. The fraction of sp³-hybridized carbons (Fsp3) is 0.375. The molecule has 0 aliphatic carbocycles. The summed E-state index contributed by atoms with van der Waals surface area (Å²) in [6.07, 6.45) is 3.18. The maximum absolute atomic E-state index is 11.5. The second-order valence-corrected chi connectivity index (χ2v) is 6.08. The first kappa shape index (κ1) is 17.1. The van der Waals surface area contributed by atoms with E-state index in [0.717, 1.165) is 29.1 Å². The Morgan fingerprint density at radius 3 is 2.74 bits per heavy atom. The number of aromatic nitrogens is 1. The van der Waals surface area contributed by atoms with Gasteiger partial charge in [0.1, 0.15) is 0 Å². The van der Waals surface area contributed by atoms with E-state index in [1.807, 2.05) is 5.38 Å². The molecule has 1 aromatic carbocycles. The predicted molar refractivity (Wildman–Crippen MR) is 90.4 cm³/mol. The average Bonchev–Trinajstić information content (AvgIpc) is 3.02. The molecule has 2 rings (SSSR count). The lowest BCUT2D eigenvalue weighted by molar-refractivity contribution is -0.384. The van der Waals surface area contributed by atoms with Crippen molar-refractivity contribution >= 4 is 22.9 Å². The minimum atomic E-state index is -0.419. The van der Waals surface area contributed by atoms with Gasteiger partial charge in [-0.2, -0.15) is 0 Å². The first-order valence-corrected chi connectivity index (χ1v) is 8.44. The molecule has 1 heterocycles. The number of carbonyl (C=O) groups excluding carboxylic acids is 1. The van der Waals surface area contributed by atoms with Crippen LogP contribution >= 0.6 is 11.3 Å². The van der Waals surface area contributed by atoms with Gasteiger partial charge in [0.2, 0.25) is 5.91 Å². The molecule has 0 unspecified atom stereocenters. The summed E-state index contributed by atoms with van der Waals surface area (Å²) < 4.78 is 0. The number of thiazole rings is 1. The quantitative estimate of drug-likeness (QED) is 0.591. The molecule has 0 saturated heterocycles. The number of benzene rings is 1. The highest BCUT2D eigenvalue weighted by Gasteiger charge is 2.08. The fourth-order valence-corrected chi connectivity index (χ4v) is 2.85. The zero-order valence-electron chi connectivity index (χ0n) is 12.9. The van der Waals surface area contributed by atoms with Crippen molar-refractivity contribution in [2.75, 3.05) is 6.54 Å². The second-order valence-electron chi connectivity index (χ2n) is 5.13. The number of rotatable bonds is 8. The van der Waals surface area contributed by atoms with Crippen LogP contribution in [0.3, 0.4) is 0 Å². The van der Waals surface area contributed by atoms with E-state index in [-0.39, 0.29) is 11.6 Å². The SMILES string of the molecule is CCCCC(=O)NCCc1nc(-c2ccc([N+](=O)[O-])cc2)cs1. The zero-order chi connectivity index (χ0) is 16.7. The number of hydrogen-bond donors (Lipinski definition) is 1. The van der Waals surface area contributed by atoms with E-state index < -0.39 is 4.92 Å². The first-order chi connectivity index (χ1) is 11.1. The highest BCUT2D eigenvalue weighted by atomic mass is 32.1. The fourth-order valence-electron chi connectivity index (χ4n) is 2.05. The third-order valence-electron chi connectivity index (χ3n) is 3.34. The summed E-state index contributed by atoms with van der Waals surface area (Å²) in [7, 11) is 0. The van der Waals surface area contributed by atoms with Crippen molar-refractivity contribution in [3.05, 3.63) is 44.8 Å². The van der Waals surface area contributed by atoms with Crippen LogP contribution in [0.2, 0.25) is 0 Å². The number of carbonyl (C=O) groups is 1. The van der Waals surface area contributed by atoms with Crippen LogP contribution < -0.4 is 5.32 Å². The molecule has 0 aliphatic heterocycles. The van der Waals surface area contributed by atoms with Crippen molar-refractivity contribution in [1.29, 1.82) is 0 Å². The van der Waals surface area contributed by atoms with E-state index in [1.165, 1.54) is 23.5 Å². The Morgan fingerprint density at radius 1 is 1.35 bits per heavy atom. The summed E-state index contributed by atoms with van der Waals surface area (Å²) in [5.41, 5.74) is 1.72. The van der Waals surface area contributed by atoms with Crippen LogP contribution in [0.25, 0.3) is 11.3 Å².